The van der Waals surface area contributed by atoms with Gasteiger partial charge in [0, 0.05) is 0 Å². The van der Waals surface area contributed by atoms with Gasteiger partial charge in [-0.05, 0) is 28.0 Å². The molecule has 0 atom stereocenters. The van der Waals surface area contributed by atoms with Gasteiger partial charge in [-0.15, -0.1) is 0 Å². The van der Waals surface area contributed by atoms with Crippen molar-refractivity contribution >= 4 is 23.5 Å². The standard InChI is InChI=1S/C12H10S/c1-2-4-11(5-3-1)6-7-12-8-9-13-10-12/h1-10H/b7-6-. The first kappa shape index (κ1) is 8.27. The molecule has 0 fully saturated rings. The third kappa shape index (κ3) is 2.30. The van der Waals surface area contributed by atoms with Crippen molar-refractivity contribution < 1.29 is 0 Å². The van der Waals surface area contributed by atoms with Gasteiger partial charge in [-0.25, -0.2) is 0 Å². The molecule has 1 aromatic heterocycles. The Labute approximate surface area is 82.2 Å². The summed E-state index contributed by atoms with van der Waals surface area (Å²) in [6.07, 6.45) is 4.26. The quantitative estimate of drug-likeness (QED) is 0.667. The van der Waals surface area contributed by atoms with E-state index in [-0.39, 0.29) is 0 Å². The van der Waals surface area contributed by atoms with Crippen molar-refractivity contribution in [2.45, 2.75) is 0 Å². The second kappa shape index (κ2) is 4.06. The van der Waals surface area contributed by atoms with Gasteiger partial charge < -0.3 is 0 Å². The summed E-state index contributed by atoms with van der Waals surface area (Å²) in [6.45, 7) is 0. The maximum atomic E-state index is 2.14. The molecular weight excluding hydrogens is 176 g/mol. The molecule has 0 bridgehead atoms. The van der Waals surface area contributed by atoms with Gasteiger partial charge in [-0.2, -0.15) is 11.3 Å². The van der Waals surface area contributed by atoms with Crippen LogP contribution in [0.1, 0.15) is 11.1 Å². The molecule has 1 aromatic carbocycles. The van der Waals surface area contributed by atoms with Crippen molar-refractivity contribution in [1.29, 1.82) is 0 Å². The summed E-state index contributed by atoms with van der Waals surface area (Å²) in [6, 6.07) is 12.4. The van der Waals surface area contributed by atoms with Gasteiger partial charge in [-0.3, -0.25) is 0 Å². The highest BCUT2D eigenvalue weighted by atomic mass is 32.1. The normalized spacial score (nSPS) is 10.8. The Kier molecular flexibility index (Phi) is 2.58. The van der Waals surface area contributed by atoms with E-state index < -0.39 is 0 Å². The number of benzene rings is 1. The maximum Gasteiger partial charge on any atom is -0.00208 e. The van der Waals surface area contributed by atoms with Crippen molar-refractivity contribution in [1.82, 2.24) is 0 Å². The van der Waals surface area contributed by atoms with E-state index in [1.807, 2.05) is 18.2 Å². The van der Waals surface area contributed by atoms with Gasteiger partial charge in [-0.1, -0.05) is 42.5 Å². The van der Waals surface area contributed by atoms with Crippen LogP contribution in [0.3, 0.4) is 0 Å². The van der Waals surface area contributed by atoms with Crippen LogP contribution in [0.15, 0.2) is 47.2 Å². The van der Waals surface area contributed by atoms with Gasteiger partial charge in [0.15, 0.2) is 0 Å². The van der Waals surface area contributed by atoms with E-state index in [0.29, 0.717) is 0 Å². The highest BCUT2D eigenvalue weighted by molar-refractivity contribution is 7.08. The zero-order valence-electron chi connectivity index (χ0n) is 7.18. The second-order valence-electron chi connectivity index (χ2n) is 2.80. The Balaban J connectivity index is 2.15. The lowest BCUT2D eigenvalue weighted by atomic mass is 10.2. The predicted molar refractivity (Wildman–Crippen MR) is 59.7 cm³/mol. The van der Waals surface area contributed by atoms with Crippen LogP contribution in [-0.4, -0.2) is 0 Å². The molecule has 0 saturated carbocycles. The Morgan fingerprint density at radius 3 is 2.31 bits per heavy atom. The second-order valence-corrected chi connectivity index (χ2v) is 3.58. The van der Waals surface area contributed by atoms with Gasteiger partial charge in [0.1, 0.15) is 0 Å². The lowest BCUT2D eigenvalue weighted by molar-refractivity contribution is 1.66. The predicted octanol–water partition coefficient (Wildman–Crippen LogP) is 3.92. The molecule has 0 amide bonds. The lowest BCUT2D eigenvalue weighted by Crippen LogP contribution is -1.67. The molecule has 0 saturated heterocycles. The molecule has 13 heavy (non-hydrogen) atoms. The number of hydrogen-bond acceptors (Lipinski definition) is 1. The largest absolute Gasteiger partial charge is 0.152 e. The summed E-state index contributed by atoms with van der Waals surface area (Å²) < 4.78 is 0. The molecule has 0 aliphatic rings. The van der Waals surface area contributed by atoms with Crippen LogP contribution in [0.4, 0.5) is 0 Å². The van der Waals surface area contributed by atoms with Gasteiger partial charge in [0.05, 0.1) is 0 Å². The average Bonchev–Trinajstić information content (AvgIpc) is 2.69. The molecular formula is C12H10S. The fraction of sp³-hybridized carbons (Fsp3) is 0. The van der Waals surface area contributed by atoms with Crippen molar-refractivity contribution in [2.24, 2.45) is 0 Å². The lowest BCUT2D eigenvalue weighted by Gasteiger charge is -1.89. The third-order valence-corrected chi connectivity index (χ3v) is 2.51. The van der Waals surface area contributed by atoms with Crippen molar-refractivity contribution in [2.75, 3.05) is 0 Å². The first-order chi connectivity index (χ1) is 6.45. The first-order valence-electron chi connectivity index (χ1n) is 4.20. The maximum absolute atomic E-state index is 2.14. The average molecular weight is 186 g/mol. The zero-order chi connectivity index (χ0) is 8.93. The van der Waals surface area contributed by atoms with Crippen LogP contribution in [0.25, 0.3) is 12.2 Å². The molecule has 1 heterocycles. The number of hydrogen-bond donors (Lipinski definition) is 0. The molecule has 2 aromatic rings. The van der Waals surface area contributed by atoms with E-state index in [9.17, 15) is 0 Å². The molecule has 0 unspecified atom stereocenters. The molecule has 1 heteroatoms. The molecule has 0 aliphatic carbocycles. The van der Waals surface area contributed by atoms with Crippen molar-refractivity contribution in [3.63, 3.8) is 0 Å². The number of thiophene rings is 1. The Bertz CT molecular complexity index is 371. The molecule has 0 N–H and O–H groups in total. The summed E-state index contributed by atoms with van der Waals surface area (Å²) in [4.78, 5) is 0. The van der Waals surface area contributed by atoms with E-state index in [1.54, 1.807) is 11.3 Å². The topological polar surface area (TPSA) is 0 Å². The zero-order valence-corrected chi connectivity index (χ0v) is 8.00. The summed E-state index contributed by atoms with van der Waals surface area (Å²) in [5.74, 6) is 0. The summed E-state index contributed by atoms with van der Waals surface area (Å²) in [7, 11) is 0. The van der Waals surface area contributed by atoms with Crippen LogP contribution in [0.2, 0.25) is 0 Å². The minimum Gasteiger partial charge on any atom is -0.152 e. The molecule has 0 radical (unpaired) electrons. The SMILES string of the molecule is C(=C/c1ccsc1)/c1ccccc1. The highest BCUT2D eigenvalue weighted by Gasteiger charge is 1.85. The van der Waals surface area contributed by atoms with Crippen molar-refractivity contribution in [3.8, 4) is 0 Å². The Morgan fingerprint density at radius 2 is 1.62 bits per heavy atom. The summed E-state index contributed by atoms with van der Waals surface area (Å²) in [5.41, 5.74) is 2.52. The van der Waals surface area contributed by atoms with Crippen LogP contribution >= 0.6 is 11.3 Å². The van der Waals surface area contributed by atoms with Crippen LogP contribution in [0.5, 0.6) is 0 Å². The first-order valence-corrected chi connectivity index (χ1v) is 5.15. The fourth-order valence-corrected chi connectivity index (χ4v) is 1.75. The van der Waals surface area contributed by atoms with Crippen LogP contribution < -0.4 is 0 Å². The highest BCUT2D eigenvalue weighted by Crippen LogP contribution is 2.10. The third-order valence-electron chi connectivity index (χ3n) is 1.81. The van der Waals surface area contributed by atoms with Crippen LogP contribution in [-0.2, 0) is 0 Å². The molecule has 64 valence electrons. The Hall–Kier alpha value is -1.34. The molecule has 0 spiro atoms. The van der Waals surface area contributed by atoms with Gasteiger partial charge in [0.25, 0.3) is 0 Å². The van der Waals surface area contributed by atoms with Crippen molar-refractivity contribution in [3.05, 3.63) is 58.3 Å². The summed E-state index contributed by atoms with van der Waals surface area (Å²) >= 11 is 1.72. The summed E-state index contributed by atoms with van der Waals surface area (Å²) in [5, 5.41) is 4.23. The van der Waals surface area contributed by atoms with E-state index in [1.165, 1.54) is 11.1 Å². The van der Waals surface area contributed by atoms with Crippen LogP contribution in [0, 0.1) is 0 Å². The minimum atomic E-state index is 1.24. The monoisotopic (exact) mass is 186 g/mol. The van der Waals surface area contributed by atoms with Gasteiger partial charge in [0.2, 0.25) is 0 Å². The van der Waals surface area contributed by atoms with E-state index in [2.05, 4.69) is 41.1 Å². The molecule has 0 nitrogen and oxygen atoms in total. The Morgan fingerprint density at radius 1 is 0.846 bits per heavy atom. The number of rotatable bonds is 2. The smallest absolute Gasteiger partial charge is 0.00208 e. The fourth-order valence-electron chi connectivity index (χ4n) is 1.13. The molecule has 2 rings (SSSR count). The molecule has 0 aliphatic heterocycles. The van der Waals surface area contributed by atoms with E-state index in [4.69, 9.17) is 0 Å². The minimum absolute atomic E-state index is 1.24. The van der Waals surface area contributed by atoms with Gasteiger partial charge >= 0.3 is 0 Å². The van der Waals surface area contributed by atoms with E-state index in [0.717, 1.165) is 0 Å². The van der Waals surface area contributed by atoms with E-state index >= 15 is 0 Å².